The van der Waals surface area contributed by atoms with Gasteiger partial charge in [-0.3, -0.25) is 14.4 Å². The predicted octanol–water partition coefficient (Wildman–Crippen LogP) is 0.999. The first-order valence-electron chi connectivity index (χ1n) is 6.87. The molecule has 1 rings (SSSR count). The molecule has 120 valence electrons. The third-order valence-electron chi connectivity index (χ3n) is 3.07. The van der Waals surface area contributed by atoms with Crippen LogP contribution < -0.4 is 11.1 Å². The van der Waals surface area contributed by atoms with E-state index in [1.807, 2.05) is 0 Å². The van der Waals surface area contributed by atoms with Crippen molar-refractivity contribution in [1.82, 2.24) is 5.32 Å². The van der Waals surface area contributed by atoms with Crippen molar-refractivity contribution < 1.29 is 23.5 Å². The van der Waals surface area contributed by atoms with Gasteiger partial charge in [-0.2, -0.15) is 0 Å². The SMILES string of the molecule is CCOC(=O)C[C@@H](C)[C@@H](NC(=O)c1ccccc1F)C(N)=O. The van der Waals surface area contributed by atoms with Gasteiger partial charge >= 0.3 is 5.97 Å². The van der Waals surface area contributed by atoms with Gasteiger partial charge < -0.3 is 15.8 Å². The lowest BCUT2D eigenvalue weighted by atomic mass is 9.97. The van der Waals surface area contributed by atoms with Crippen molar-refractivity contribution >= 4 is 17.8 Å². The van der Waals surface area contributed by atoms with E-state index in [4.69, 9.17) is 10.5 Å². The molecule has 2 atom stereocenters. The van der Waals surface area contributed by atoms with Crippen LogP contribution in [-0.2, 0) is 14.3 Å². The Labute approximate surface area is 127 Å². The van der Waals surface area contributed by atoms with Crippen LogP contribution in [-0.4, -0.2) is 30.4 Å². The highest BCUT2D eigenvalue weighted by Gasteiger charge is 2.28. The summed E-state index contributed by atoms with van der Waals surface area (Å²) in [5, 5.41) is 2.36. The van der Waals surface area contributed by atoms with Crippen LogP contribution in [0, 0.1) is 11.7 Å². The monoisotopic (exact) mass is 310 g/mol. The lowest BCUT2D eigenvalue weighted by molar-refractivity contribution is -0.144. The number of halogens is 1. The molecule has 3 N–H and O–H groups in total. The summed E-state index contributed by atoms with van der Waals surface area (Å²) in [6.07, 6.45) is -0.0843. The molecular formula is C15H19FN2O4. The van der Waals surface area contributed by atoms with E-state index in [1.165, 1.54) is 18.2 Å². The van der Waals surface area contributed by atoms with E-state index in [0.717, 1.165) is 6.07 Å². The molecule has 0 aliphatic heterocycles. The summed E-state index contributed by atoms with van der Waals surface area (Å²) in [5.41, 5.74) is 5.06. The van der Waals surface area contributed by atoms with E-state index in [2.05, 4.69) is 5.32 Å². The van der Waals surface area contributed by atoms with Crippen molar-refractivity contribution in [2.24, 2.45) is 11.7 Å². The number of benzene rings is 1. The van der Waals surface area contributed by atoms with Crippen molar-refractivity contribution in [3.63, 3.8) is 0 Å². The van der Waals surface area contributed by atoms with Crippen molar-refractivity contribution in [2.75, 3.05) is 6.61 Å². The Morgan fingerprint density at radius 2 is 1.95 bits per heavy atom. The van der Waals surface area contributed by atoms with E-state index < -0.39 is 35.6 Å². The number of carbonyl (C=O) groups excluding carboxylic acids is 3. The van der Waals surface area contributed by atoms with Crippen LogP contribution in [0.4, 0.5) is 4.39 Å². The van der Waals surface area contributed by atoms with Crippen LogP contribution in [0.15, 0.2) is 24.3 Å². The summed E-state index contributed by atoms with van der Waals surface area (Å²) >= 11 is 0. The molecule has 0 saturated carbocycles. The number of hydrogen-bond donors (Lipinski definition) is 2. The lowest BCUT2D eigenvalue weighted by Gasteiger charge is -2.21. The minimum Gasteiger partial charge on any atom is -0.466 e. The summed E-state index contributed by atoms with van der Waals surface area (Å²) < 4.78 is 18.3. The first-order chi connectivity index (χ1) is 10.4. The molecule has 0 fully saturated rings. The molecule has 0 heterocycles. The first-order valence-corrected chi connectivity index (χ1v) is 6.87. The molecule has 22 heavy (non-hydrogen) atoms. The molecule has 0 radical (unpaired) electrons. The van der Waals surface area contributed by atoms with E-state index in [9.17, 15) is 18.8 Å². The van der Waals surface area contributed by atoms with Gasteiger partial charge in [-0.05, 0) is 25.0 Å². The normalized spacial score (nSPS) is 13.0. The Balaban J connectivity index is 2.80. The first kappa shape index (κ1) is 17.6. The summed E-state index contributed by atoms with van der Waals surface area (Å²) in [4.78, 5) is 35.0. The second kappa shape index (κ2) is 8.11. The second-order valence-corrected chi connectivity index (χ2v) is 4.82. The zero-order chi connectivity index (χ0) is 16.7. The number of hydrogen-bond acceptors (Lipinski definition) is 4. The maximum Gasteiger partial charge on any atom is 0.306 e. The number of rotatable bonds is 7. The molecule has 6 nitrogen and oxygen atoms in total. The highest BCUT2D eigenvalue weighted by Crippen LogP contribution is 2.12. The molecule has 0 bridgehead atoms. The second-order valence-electron chi connectivity index (χ2n) is 4.82. The van der Waals surface area contributed by atoms with Gasteiger partial charge in [0, 0.05) is 0 Å². The topological polar surface area (TPSA) is 98.5 Å². The quantitative estimate of drug-likeness (QED) is 0.734. The van der Waals surface area contributed by atoms with E-state index in [-0.39, 0.29) is 18.6 Å². The fourth-order valence-corrected chi connectivity index (χ4v) is 1.96. The Bertz CT molecular complexity index is 562. The highest BCUT2D eigenvalue weighted by atomic mass is 19.1. The van der Waals surface area contributed by atoms with Gasteiger partial charge in [-0.25, -0.2) is 4.39 Å². The summed E-state index contributed by atoms with van der Waals surface area (Å²) in [6.45, 7) is 3.45. The predicted molar refractivity (Wildman–Crippen MR) is 77.3 cm³/mol. The van der Waals surface area contributed by atoms with Crippen LogP contribution in [0.25, 0.3) is 0 Å². The average Bonchev–Trinajstić information content (AvgIpc) is 2.44. The fraction of sp³-hybridized carbons (Fsp3) is 0.400. The van der Waals surface area contributed by atoms with Crippen LogP contribution in [0.3, 0.4) is 0 Å². The standard InChI is InChI=1S/C15H19FN2O4/c1-3-22-12(19)8-9(2)13(14(17)20)18-15(21)10-6-4-5-7-11(10)16/h4-7,9,13H,3,8H2,1-2H3,(H2,17,20)(H,18,21)/t9-,13-/m1/s1. The van der Waals surface area contributed by atoms with Crippen molar-refractivity contribution in [1.29, 1.82) is 0 Å². The highest BCUT2D eigenvalue weighted by molar-refractivity contribution is 5.97. The van der Waals surface area contributed by atoms with Gasteiger partial charge in [0.1, 0.15) is 11.9 Å². The third-order valence-corrected chi connectivity index (χ3v) is 3.07. The Morgan fingerprint density at radius 1 is 1.32 bits per heavy atom. The minimum absolute atomic E-state index is 0.0843. The number of nitrogens with one attached hydrogen (secondary N) is 1. The number of amides is 2. The molecule has 0 aliphatic carbocycles. The molecule has 2 amide bonds. The fourth-order valence-electron chi connectivity index (χ4n) is 1.96. The lowest BCUT2D eigenvalue weighted by Crippen LogP contribution is -2.49. The third kappa shape index (κ3) is 4.83. The Morgan fingerprint density at radius 3 is 2.50 bits per heavy atom. The molecule has 0 aliphatic rings. The van der Waals surface area contributed by atoms with Crippen LogP contribution in [0.1, 0.15) is 30.6 Å². The maximum atomic E-state index is 13.6. The molecule has 0 aromatic heterocycles. The molecule has 1 aromatic carbocycles. The molecule has 0 spiro atoms. The maximum absolute atomic E-state index is 13.6. The Hall–Kier alpha value is -2.44. The number of esters is 1. The van der Waals surface area contributed by atoms with Gasteiger partial charge in [0.05, 0.1) is 18.6 Å². The van der Waals surface area contributed by atoms with Gasteiger partial charge in [0.25, 0.3) is 5.91 Å². The summed E-state index contributed by atoms with van der Waals surface area (Å²) in [6, 6.07) is 4.27. The van der Waals surface area contributed by atoms with Crippen molar-refractivity contribution in [3.05, 3.63) is 35.6 Å². The van der Waals surface area contributed by atoms with Gasteiger partial charge in [0.2, 0.25) is 5.91 Å². The summed E-state index contributed by atoms with van der Waals surface area (Å²) in [7, 11) is 0. The Kier molecular flexibility index (Phi) is 6.49. The number of primary amides is 1. The van der Waals surface area contributed by atoms with Crippen molar-refractivity contribution in [3.8, 4) is 0 Å². The largest absolute Gasteiger partial charge is 0.466 e. The molecule has 1 aromatic rings. The van der Waals surface area contributed by atoms with Crippen LogP contribution in [0.5, 0.6) is 0 Å². The molecular weight excluding hydrogens is 291 g/mol. The zero-order valence-corrected chi connectivity index (χ0v) is 12.5. The number of nitrogens with two attached hydrogens (primary N) is 1. The minimum atomic E-state index is -1.10. The van der Waals surface area contributed by atoms with E-state index >= 15 is 0 Å². The molecule has 0 unspecified atom stereocenters. The number of ether oxygens (including phenoxy) is 1. The smallest absolute Gasteiger partial charge is 0.306 e. The number of carbonyl (C=O) groups is 3. The van der Waals surface area contributed by atoms with Gasteiger partial charge in [0.15, 0.2) is 0 Å². The zero-order valence-electron chi connectivity index (χ0n) is 12.5. The van der Waals surface area contributed by atoms with Crippen LogP contribution >= 0.6 is 0 Å². The molecule has 7 heteroatoms. The molecule has 0 saturated heterocycles. The van der Waals surface area contributed by atoms with Gasteiger partial charge in [-0.15, -0.1) is 0 Å². The van der Waals surface area contributed by atoms with Crippen molar-refractivity contribution in [2.45, 2.75) is 26.3 Å². The van der Waals surface area contributed by atoms with E-state index in [0.29, 0.717) is 0 Å². The summed E-state index contributed by atoms with van der Waals surface area (Å²) in [5.74, 6) is -3.35. The van der Waals surface area contributed by atoms with E-state index in [1.54, 1.807) is 13.8 Å². The van der Waals surface area contributed by atoms with Crippen LogP contribution in [0.2, 0.25) is 0 Å². The van der Waals surface area contributed by atoms with Gasteiger partial charge in [-0.1, -0.05) is 19.1 Å². The average molecular weight is 310 g/mol.